The Morgan fingerprint density at radius 2 is 1.21 bits per heavy atom. The summed E-state index contributed by atoms with van der Waals surface area (Å²) in [6, 6.07) is 40.8. The predicted molar refractivity (Wildman–Crippen MR) is 145 cm³/mol. The van der Waals surface area contributed by atoms with E-state index in [-0.39, 0.29) is 0 Å². The van der Waals surface area contributed by atoms with Crippen LogP contribution in [-0.4, -0.2) is 9.55 Å². The molecular weight excluding hydrogens is 432 g/mol. The molecule has 0 N–H and O–H groups in total. The number of para-hydroxylation sites is 1. The lowest BCUT2D eigenvalue weighted by molar-refractivity contribution is 1.16. The third kappa shape index (κ3) is 2.98. The van der Waals surface area contributed by atoms with E-state index < -0.39 is 0 Å². The predicted octanol–water partition coefficient (Wildman–Crippen LogP) is 8.73. The lowest BCUT2D eigenvalue weighted by Gasteiger charge is -2.13. The molecule has 0 atom stereocenters. The summed E-state index contributed by atoms with van der Waals surface area (Å²) in [5, 5.41) is 6.02. The highest BCUT2D eigenvalue weighted by atomic mass is 32.1. The van der Waals surface area contributed by atoms with Gasteiger partial charge in [0.25, 0.3) is 0 Å². The Labute approximate surface area is 201 Å². The van der Waals surface area contributed by atoms with Gasteiger partial charge in [0.1, 0.15) is 0 Å². The van der Waals surface area contributed by atoms with E-state index >= 15 is 0 Å². The standard InChI is InChI=1S/C31H20N2S/c1-3-9-21(10-4-1)27-19-23(20-28(32-27)22-11-5-2-6-12-22)33-29-14-8-7-13-24(29)25-15-16-30-26(31(25)33)17-18-34-30/h1-20H. The molecule has 0 fully saturated rings. The molecule has 7 aromatic rings. The van der Waals surface area contributed by atoms with Gasteiger partial charge in [0.15, 0.2) is 0 Å². The van der Waals surface area contributed by atoms with E-state index in [4.69, 9.17) is 4.98 Å². The summed E-state index contributed by atoms with van der Waals surface area (Å²) in [5.41, 5.74) is 7.76. The van der Waals surface area contributed by atoms with E-state index in [0.29, 0.717) is 0 Å². The average Bonchev–Trinajstić information content (AvgIpc) is 3.52. The first-order valence-corrected chi connectivity index (χ1v) is 12.3. The lowest BCUT2D eigenvalue weighted by atomic mass is 10.1. The van der Waals surface area contributed by atoms with Crippen molar-refractivity contribution in [2.24, 2.45) is 0 Å². The number of hydrogen-bond donors (Lipinski definition) is 0. The van der Waals surface area contributed by atoms with Crippen LogP contribution in [0, 0.1) is 0 Å². The Morgan fingerprint density at radius 3 is 1.91 bits per heavy atom. The zero-order valence-electron chi connectivity index (χ0n) is 18.3. The van der Waals surface area contributed by atoms with Gasteiger partial charge < -0.3 is 4.57 Å². The quantitative estimate of drug-likeness (QED) is 0.262. The molecule has 0 bridgehead atoms. The minimum Gasteiger partial charge on any atom is -0.308 e. The van der Waals surface area contributed by atoms with Gasteiger partial charge in [0.2, 0.25) is 0 Å². The molecule has 0 spiro atoms. The van der Waals surface area contributed by atoms with Crippen LogP contribution in [0.5, 0.6) is 0 Å². The van der Waals surface area contributed by atoms with Gasteiger partial charge in [-0.15, -0.1) is 11.3 Å². The molecule has 160 valence electrons. The Morgan fingerprint density at radius 1 is 0.559 bits per heavy atom. The zero-order chi connectivity index (χ0) is 22.5. The Bertz CT molecular complexity index is 1740. The van der Waals surface area contributed by atoms with E-state index in [0.717, 1.165) is 28.2 Å². The van der Waals surface area contributed by atoms with Gasteiger partial charge in [-0.05, 0) is 35.7 Å². The summed E-state index contributed by atoms with van der Waals surface area (Å²) in [5.74, 6) is 0. The molecule has 0 unspecified atom stereocenters. The number of aromatic nitrogens is 2. The molecule has 0 radical (unpaired) electrons. The van der Waals surface area contributed by atoms with Crippen molar-refractivity contribution in [3.05, 3.63) is 121 Å². The number of hydrogen-bond acceptors (Lipinski definition) is 2. The maximum absolute atomic E-state index is 5.08. The first kappa shape index (κ1) is 19.3. The minimum absolute atomic E-state index is 0.973. The van der Waals surface area contributed by atoms with Gasteiger partial charge in [-0.25, -0.2) is 4.98 Å². The maximum atomic E-state index is 5.08. The summed E-state index contributed by atoms with van der Waals surface area (Å²) >= 11 is 1.79. The molecular formula is C31H20N2S. The molecule has 0 saturated carbocycles. The van der Waals surface area contributed by atoms with Crippen molar-refractivity contribution in [3.8, 4) is 28.2 Å². The number of nitrogens with zero attached hydrogens (tertiary/aromatic N) is 2. The molecule has 3 aromatic heterocycles. The SMILES string of the molecule is c1ccc(-c2cc(-n3c4ccccc4c4ccc5sccc5c43)cc(-c3ccccc3)n2)cc1. The second-order valence-electron chi connectivity index (χ2n) is 8.47. The van der Waals surface area contributed by atoms with Gasteiger partial charge in [0, 0.05) is 32.0 Å². The molecule has 2 nitrogen and oxygen atoms in total. The summed E-state index contributed by atoms with van der Waals surface area (Å²) in [6.07, 6.45) is 0. The van der Waals surface area contributed by atoms with Crippen LogP contribution >= 0.6 is 11.3 Å². The topological polar surface area (TPSA) is 17.8 Å². The van der Waals surface area contributed by atoms with Crippen LogP contribution in [0.4, 0.5) is 0 Å². The Hall–Kier alpha value is -4.21. The van der Waals surface area contributed by atoms with Crippen LogP contribution in [-0.2, 0) is 0 Å². The first-order chi connectivity index (χ1) is 16.9. The number of pyridine rings is 1. The molecule has 0 aliphatic rings. The summed E-state index contributed by atoms with van der Waals surface area (Å²) in [4.78, 5) is 5.08. The smallest absolute Gasteiger partial charge is 0.0730 e. The van der Waals surface area contributed by atoms with Crippen LogP contribution in [0.15, 0.2) is 121 Å². The summed E-state index contributed by atoms with van der Waals surface area (Å²) < 4.78 is 3.72. The fourth-order valence-corrected chi connectivity index (χ4v) is 5.72. The van der Waals surface area contributed by atoms with Crippen LogP contribution in [0.3, 0.4) is 0 Å². The maximum Gasteiger partial charge on any atom is 0.0730 e. The summed E-state index contributed by atoms with van der Waals surface area (Å²) in [7, 11) is 0. The molecule has 7 rings (SSSR count). The minimum atomic E-state index is 0.973. The second kappa shape index (κ2) is 7.68. The first-order valence-electron chi connectivity index (χ1n) is 11.4. The monoisotopic (exact) mass is 452 g/mol. The van der Waals surface area contributed by atoms with E-state index in [2.05, 4.69) is 113 Å². The Balaban J connectivity index is 1.62. The van der Waals surface area contributed by atoms with E-state index in [1.165, 1.54) is 31.9 Å². The Kier molecular flexibility index (Phi) is 4.36. The van der Waals surface area contributed by atoms with Crippen molar-refractivity contribution < 1.29 is 0 Å². The molecule has 4 aromatic carbocycles. The van der Waals surface area contributed by atoms with Crippen molar-refractivity contribution in [1.82, 2.24) is 9.55 Å². The molecule has 3 heteroatoms. The largest absolute Gasteiger partial charge is 0.308 e. The van der Waals surface area contributed by atoms with Gasteiger partial charge in [-0.3, -0.25) is 0 Å². The van der Waals surface area contributed by atoms with Crippen LogP contribution < -0.4 is 0 Å². The number of benzene rings is 4. The highest BCUT2D eigenvalue weighted by Crippen LogP contribution is 2.39. The van der Waals surface area contributed by atoms with Gasteiger partial charge in [-0.1, -0.05) is 84.9 Å². The molecule has 34 heavy (non-hydrogen) atoms. The number of rotatable bonds is 3. The third-order valence-corrected chi connectivity index (χ3v) is 7.36. The van der Waals surface area contributed by atoms with Crippen molar-refractivity contribution in [3.63, 3.8) is 0 Å². The van der Waals surface area contributed by atoms with Crippen molar-refractivity contribution in [1.29, 1.82) is 0 Å². The van der Waals surface area contributed by atoms with Crippen LogP contribution in [0.1, 0.15) is 0 Å². The van der Waals surface area contributed by atoms with Crippen LogP contribution in [0.2, 0.25) is 0 Å². The third-order valence-electron chi connectivity index (χ3n) is 6.47. The fraction of sp³-hybridized carbons (Fsp3) is 0. The van der Waals surface area contributed by atoms with Gasteiger partial charge >= 0.3 is 0 Å². The van der Waals surface area contributed by atoms with Crippen molar-refractivity contribution in [2.75, 3.05) is 0 Å². The van der Waals surface area contributed by atoms with Gasteiger partial charge in [0.05, 0.1) is 28.1 Å². The number of thiophene rings is 1. The normalized spacial score (nSPS) is 11.5. The molecule has 0 amide bonds. The molecule has 0 saturated heterocycles. The van der Waals surface area contributed by atoms with E-state index in [1.54, 1.807) is 11.3 Å². The van der Waals surface area contributed by atoms with Crippen molar-refractivity contribution in [2.45, 2.75) is 0 Å². The summed E-state index contributed by atoms with van der Waals surface area (Å²) in [6.45, 7) is 0. The molecule has 0 aliphatic heterocycles. The van der Waals surface area contributed by atoms with E-state index in [1.807, 2.05) is 12.1 Å². The van der Waals surface area contributed by atoms with Gasteiger partial charge in [-0.2, -0.15) is 0 Å². The van der Waals surface area contributed by atoms with Crippen molar-refractivity contribution >= 4 is 43.2 Å². The number of fused-ring (bicyclic) bond motifs is 5. The fourth-order valence-electron chi connectivity index (χ4n) is 4.93. The van der Waals surface area contributed by atoms with Crippen LogP contribution in [0.25, 0.3) is 60.1 Å². The lowest BCUT2D eigenvalue weighted by Crippen LogP contribution is -1.98. The molecule has 0 aliphatic carbocycles. The molecule has 3 heterocycles. The highest BCUT2D eigenvalue weighted by Gasteiger charge is 2.17. The second-order valence-corrected chi connectivity index (χ2v) is 9.42. The average molecular weight is 453 g/mol. The van der Waals surface area contributed by atoms with E-state index in [9.17, 15) is 0 Å². The highest BCUT2D eigenvalue weighted by molar-refractivity contribution is 7.17. The zero-order valence-corrected chi connectivity index (χ0v) is 19.2.